The number of amides is 2. The Bertz CT molecular complexity index is 686. The predicted octanol–water partition coefficient (Wildman–Crippen LogP) is 2.67. The highest BCUT2D eigenvalue weighted by Crippen LogP contribution is 2.15. The Morgan fingerprint density at radius 2 is 1.79 bits per heavy atom. The zero-order chi connectivity index (χ0) is 17.4. The van der Waals surface area contributed by atoms with Gasteiger partial charge in [-0.25, -0.2) is 0 Å². The van der Waals surface area contributed by atoms with Crippen LogP contribution in [0.4, 0.5) is 5.69 Å². The highest BCUT2D eigenvalue weighted by Gasteiger charge is 2.21. The van der Waals surface area contributed by atoms with E-state index >= 15 is 0 Å². The molecule has 0 saturated carbocycles. The van der Waals surface area contributed by atoms with Gasteiger partial charge in [-0.05, 0) is 49.1 Å². The second-order valence-electron chi connectivity index (χ2n) is 5.46. The van der Waals surface area contributed by atoms with E-state index in [1.807, 2.05) is 50.2 Å². The van der Waals surface area contributed by atoms with E-state index in [4.69, 9.17) is 0 Å². The number of nitrogens with zero attached hydrogens (tertiary/aromatic N) is 2. The van der Waals surface area contributed by atoms with Crippen LogP contribution in [-0.4, -0.2) is 34.8 Å². The molecule has 0 radical (unpaired) electrons. The van der Waals surface area contributed by atoms with E-state index in [1.54, 1.807) is 17.3 Å². The highest BCUT2D eigenvalue weighted by atomic mass is 16.2. The lowest BCUT2D eigenvalue weighted by molar-refractivity contribution is -0.143. The highest BCUT2D eigenvalue weighted by molar-refractivity contribution is 6.39. The van der Waals surface area contributed by atoms with Gasteiger partial charge in [0.05, 0.1) is 0 Å². The summed E-state index contributed by atoms with van der Waals surface area (Å²) in [4.78, 5) is 30.2. The molecule has 1 aromatic heterocycles. The van der Waals surface area contributed by atoms with Crippen molar-refractivity contribution >= 4 is 17.5 Å². The Kier molecular flexibility index (Phi) is 6.49. The minimum Gasteiger partial charge on any atom is -0.334 e. The molecule has 0 fully saturated rings. The normalized spacial score (nSPS) is 10.2. The molecule has 2 rings (SSSR count). The predicted molar refractivity (Wildman–Crippen MR) is 94.6 cm³/mol. The topological polar surface area (TPSA) is 62.3 Å². The molecule has 1 aromatic carbocycles. The van der Waals surface area contributed by atoms with Crippen molar-refractivity contribution in [2.45, 2.75) is 26.7 Å². The number of hydrogen-bond acceptors (Lipinski definition) is 3. The molecule has 0 aliphatic heterocycles. The summed E-state index contributed by atoms with van der Waals surface area (Å²) in [6.07, 6.45) is 4.94. The van der Waals surface area contributed by atoms with Crippen molar-refractivity contribution in [1.29, 1.82) is 0 Å². The van der Waals surface area contributed by atoms with E-state index in [9.17, 15) is 9.59 Å². The summed E-state index contributed by atoms with van der Waals surface area (Å²) in [5.41, 5.74) is 2.80. The summed E-state index contributed by atoms with van der Waals surface area (Å²) in [6, 6.07) is 11.4. The molecular formula is C19H23N3O2. The molecule has 2 amide bonds. The molecule has 0 spiro atoms. The number of aromatic nitrogens is 1. The summed E-state index contributed by atoms with van der Waals surface area (Å²) in [5, 5.41) is 2.73. The Morgan fingerprint density at radius 1 is 1.08 bits per heavy atom. The second kappa shape index (κ2) is 8.82. The van der Waals surface area contributed by atoms with E-state index < -0.39 is 11.8 Å². The van der Waals surface area contributed by atoms with Crippen LogP contribution in [0.25, 0.3) is 0 Å². The van der Waals surface area contributed by atoms with Gasteiger partial charge >= 0.3 is 11.8 Å². The summed E-state index contributed by atoms with van der Waals surface area (Å²) < 4.78 is 0. The first kappa shape index (κ1) is 17.7. The van der Waals surface area contributed by atoms with E-state index in [0.29, 0.717) is 25.2 Å². The molecule has 1 N–H and O–H groups in total. The standard InChI is InChI=1S/C19H23N3O2/c1-3-16-7-5-6-8-17(16)21-18(23)19(24)22(4-2)14-11-15-9-12-20-13-10-15/h5-10,12-13H,3-4,11,14H2,1-2H3,(H,21,23). The zero-order valence-corrected chi connectivity index (χ0v) is 14.2. The van der Waals surface area contributed by atoms with Gasteiger partial charge in [0.25, 0.3) is 0 Å². The number of carbonyl (C=O) groups excluding carboxylic acids is 2. The van der Waals surface area contributed by atoms with Crippen LogP contribution < -0.4 is 5.32 Å². The fourth-order valence-electron chi connectivity index (χ4n) is 2.49. The number of hydrogen-bond donors (Lipinski definition) is 1. The molecule has 1 heterocycles. The van der Waals surface area contributed by atoms with Crippen LogP contribution in [-0.2, 0) is 22.4 Å². The first-order valence-corrected chi connectivity index (χ1v) is 8.22. The quantitative estimate of drug-likeness (QED) is 0.831. The van der Waals surface area contributed by atoms with Crippen molar-refractivity contribution in [3.05, 3.63) is 59.9 Å². The van der Waals surface area contributed by atoms with Crippen LogP contribution in [0, 0.1) is 0 Å². The first-order valence-electron chi connectivity index (χ1n) is 8.22. The number of para-hydroxylation sites is 1. The molecule has 0 bridgehead atoms. The van der Waals surface area contributed by atoms with Gasteiger partial charge in [0.1, 0.15) is 0 Å². The van der Waals surface area contributed by atoms with Crippen molar-refractivity contribution in [3.63, 3.8) is 0 Å². The maximum Gasteiger partial charge on any atom is 0.313 e. The number of nitrogens with one attached hydrogen (secondary N) is 1. The summed E-state index contributed by atoms with van der Waals surface area (Å²) >= 11 is 0. The lowest BCUT2D eigenvalue weighted by atomic mass is 10.1. The third-order valence-electron chi connectivity index (χ3n) is 3.93. The van der Waals surface area contributed by atoms with Crippen molar-refractivity contribution < 1.29 is 9.59 Å². The Balaban J connectivity index is 1.98. The molecular weight excluding hydrogens is 302 g/mol. The Hall–Kier alpha value is -2.69. The van der Waals surface area contributed by atoms with Crippen molar-refractivity contribution in [3.8, 4) is 0 Å². The van der Waals surface area contributed by atoms with Crippen LogP contribution >= 0.6 is 0 Å². The first-order chi connectivity index (χ1) is 11.7. The van der Waals surface area contributed by atoms with E-state index in [2.05, 4.69) is 10.3 Å². The van der Waals surface area contributed by atoms with E-state index in [1.165, 1.54) is 0 Å². The lowest BCUT2D eigenvalue weighted by Crippen LogP contribution is -2.40. The average molecular weight is 325 g/mol. The van der Waals surface area contributed by atoms with E-state index in [0.717, 1.165) is 17.5 Å². The number of anilines is 1. The van der Waals surface area contributed by atoms with Crippen LogP contribution in [0.3, 0.4) is 0 Å². The number of likely N-dealkylation sites (N-methyl/N-ethyl adjacent to an activating group) is 1. The fourth-order valence-corrected chi connectivity index (χ4v) is 2.49. The van der Waals surface area contributed by atoms with Crippen LogP contribution in [0.1, 0.15) is 25.0 Å². The SMILES string of the molecule is CCc1ccccc1NC(=O)C(=O)N(CC)CCc1ccncc1. The molecule has 5 heteroatoms. The number of rotatable bonds is 6. The van der Waals surface area contributed by atoms with Gasteiger partial charge < -0.3 is 10.2 Å². The average Bonchev–Trinajstić information content (AvgIpc) is 2.63. The molecule has 0 saturated heterocycles. The third kappa shape index (κ3) is 4.65. The Labute approximate surface area is 142 Å². The molecule has 0 unspecified atom stereocenters. The van der Waals surface area contributed by atoms with Gasteiger partial charge in [-0.3, -0.25) is 14.6 Å². The summed E-state index contributed by atoms with van der Waals surface area (Å²) in [6.45, 7) is 4.88. The van der Waals surface area contributed by atoms with Crippen molar-refractivity contribution in [1.82, 2.24) is 9.88 Å². The fraction of sp³-hybridized carbons (Fsp3) is 0.316. The van der Waals surface area contributed by atoms with Gasteiger partial charge in [-0.1, -0.05) is 25.1 Å². The van der Waals surface area contributed by atoms with E-state index in [-0.39, 0.29) is 0 Å². The monoisotopic (exact) mass is 325 g/mol. The smallest absolute Gasteiger partial charge is 0.313 e. The molecule has 0 atom stereocenters. The second-order valence-corrected chi connectivity index (χ2v) is 5.46. The van der Waals surface area contributed by atoms with Crippen molar-refractivity contribution in [2.24, 2.45) is 0 Å². The van der Waals surface area contributed by atoms with Gasteiger partial charge in [-0.2, -0.15) is 0 Å². The largest absolute Gasteiger partial charge is 0.334 e. The molecule has 0 aliphatic rings. The summed E-state index contributed by atoms with van der Waals surface area (Å²) in [5.74, 6) is -1.09. The number of carbonyl (C=O) groups is 2. The minimum absolute atomic E-state index is 0.493. The van der Waals surface area contributed by atoms with Crippen LogP contribution in [0.15, 0.2) is 48.8 Å². The molecule has 126 valence electrons. The Morgan fingerprint density at radius 3 is 2.46 bits per heavy atom. The maximum absolute atomic E-state index is 12.4. The van der Waals surface area contributed by atoms with Crippen molar-refractivity contribution in [2.75, 3.05) is 18.4 Å². The lowest BCUT2D eigenvalue weighted by Gasteiger charge is -2.20. The number of aryl methyl sites for hydroxylation is 1. The van der Waals surface area contributed by atoms with Gasteiger partial charge in [0.2, 0.25) is 0 Å². The van der Waals surface area contributed by atoms with Gasteiger partial charge in [-0.15, -0.1) is 0 Å². The van der Waals surface area contributed by atoms with Gasteiger partial charge in [0.15, 0.2) is 0 Å². The molecule has 2 aromatic rings. The number of benzene rings is 1. The maximum atomic E-state index is 12.4. The summed E-state index contributed by atoms with van der Waals surface area (Å²) in [7, 11) is 0. The van der Waals surface area contributed by atoms with Gasteiger partial charge in [0, 0.05) is 31.2 Å². The molecule has 5 nitrogen and oxygen atoms in total. The third-order valence-corrected chi connectivity index (χ3v) is 3.93. The molecule has 24 heavy (non-hydrogen) atoms. The molecule has 0 aliphatic carbocycles. The van der Waals surface area contributed by atoms with Crippen LogP contribution in [0.5, 0.6) is 0 Å². The van der Waals surface area contributed by atoms with Crippen LogP contribution in [0.2, 0.25) is 0 Å². The zero-order valence-electron chi connectivity index (χ0n) is 14.2. The minimum atomic E-state index is -0.590. The number of pyridine rings is 1.